The van der Waals surface area contributed by atoms with E-state index in [1.165, 1.54) is 0 Å². The van der Waals surface area contributed by atoms with Crippen LogP contribution in [0.1, 0.15) is 32.6 Å². The summed E-state index contributed by atoms with van der Waals surface area (Å²) >= 11 is 0. The average Bonchev–Trinajstić information content (AvgIpc) is 2.58. The van der Waals surface area contributed by atoms with Gasteiger partial charge in [0.15, 0.2) is 5.78 Å². The van der Waals surface area contributed by atoms with Crippen molar-refractivity contribution >= 4 is 11.8 Å². The lowest BCUT2D eigenvalue weighted by atomic mass is 9.87. The second-order valence-electron chi connectivity index (χ2n) is 5.08. The second kappa shape index (κ2) is 4.92. The minimum atomic E-state index is -0.315. The Labute approximate surface area is 107 Å². The maximum absolute atomic E-state index is 11.8. The first-order chi connectivity index (χ1) is 8.49. The summed E-state index contributed by atoms with van der Waals surface area (Å²) in [6.45, 7) is 9.59. The van der Waals surface area contributed by atoms with Crippen molar-refractivity contribution in [2.75, 3.05) is 0 Å². The lowest BCUT2D eigenvalue weighted by Crippen LogP contribution is -2.17. The summed E-state index contributed by atoms with van der Waals surface area (Å²) in [7, 11) is 0. The van der Waals surface area contributed by atoms with Gasteiger partial charge in [-0.1, -0.05) is 18.7 Å². The van der Waals surface area contributed by atoms with Crippen molar-refractivity contribution in [1.29, 1.82) is 0 Å². The Bertz CT molecular complexity index is 456. The number of hydrogen-bond donors (Lipinski definition) is 0. The molecule has 2 aliphatic rings. The van der Waals surface area contributed by atoms with Crippen LogP contribution in [0.4, 0.5) is 0 Å². The standard InChI is InChI=1S/C15H18O3/c1-9-4-7-13(16)10(2)5-6-12-11(3)15(17)18-14(12)8-9/h8,12,14H,2-7H2,1H3/b9-8+. The van der Waals surface area contributed by atoms with Crippen molar-refractivity contribution in [1.82, 2.24) is 0 Å². The number of fused-ring (bicyclic) bond motifs is 1. The van der Waals surface area contributed by atoms with Gasteiger partial charge in [0.25, 0.3) is 0 Å². The van der Waals surface area contributed by atoms with E-state index in [0.717, 1.165) is 5.57 Å². The van der Waals surface area contributed by atoms with Crippen molar-refractivity contribution in [2.24, 2.45) is 5.92 Å². The van der Waals surface area contributed by atoms with Gasteiger partial charge < -0.3 is 4.74 Å². The molecule has 0 N–H and O–H groups in total. The smallest absolute Gasteiger partial charge is 0.334 e. The lowest BCUT2D eigenvalue weighted by Gasteiger charge is -2.17. The van der Waals surface area contributed by atoms with E-state index in [1.54, 1.807) is 0 Å². The molecule has 1 fully saturated rings. The molecule has 2 rings (SSSR count). The molecule has 0 aromatic rings. The Balaban J connectivity index is 2.26. The van der Waals surface area contributed by atoms with E-state index in [4.69, 9.17) is 4.74 Å². The topological polar surface area (TPSA) is 43.4 Å². The van der Waals surface area contributed by atoms with Crippen LogP contribution in [0.25, 0.3) is 0 Å². The first kappa shape index (κ1) is 12.8. The predicted octanol–water partition coefficient (Wildman–Crippen LogP) is 2.73. The van der Waals surface area contributed by atoms with Crippen LogP contribution in [0.15, 0.2) is 36.0 Å². The van der Waals surface area contributed by atoms with Gasteiger partial charge in [0.05, 0.1) is 0 Å². The summed E-state index contributed by atoms with van der Waals surface area (Å²) in [4.78, 5) is 23.3. The van der Waals surface area contributed by atoms with E-state index >= 15 is 0 Å². The highest BCUT2D eigenvalue weighted by molar-refractivity contribution is 5.95. The van der Waals surface area contributed by atoms with Crippen molar-refractivity contribution in [3.8, 4) is 0 Å². The zero-order chi connectivity index (χ0) is 13.3. The van der Waals surface area contributed by atoms with Gasteiger partial charge >= 0.3 is 5.97 Å². The molecule has 1 aliphatic heterocycles. The zero-order valence-corrected chi connectivity index (χ0v) is 10.7. The number of esters is 1. The molecule has 1 saturated heterocycles. The zero-order valence-electron chi connectivity index (χ0n) is 10.7. The highest BCUT2D eigenvalue weighted by Gasteiger charge is 2.37. The van der Waals surface area contributed by atoms with E-state index in [9.17, 15) is 9.59 Å². The molecular weight excluding hydrogens is 228 g/mol. The summed E-state index contributed by atoms with van der Waals surface area (Å²) in [5.74, 6) is -0.211. The van der Waals surface area contributed by atoms with Crippen LogP contribution >= 0.6 is 0 Å². The molecule has 3 heteroatoms. The summed E-state index contributed by atoms with van der Waals surface area (Å²) in [6.07, 6.45) is 4.25. The molecule has 0 bridgehead atoms. The number of rotatable bonds is 0. The van der Waals surface area contributed by atoms with Gasteiger partial charge in [-0.25, -0.2) is 4.79 Å². The van der Waals surface area contributed by atoms with Crippen molar-refractivity contribution < 1.29 is 14.3 Å². The molecule has 0 aromatic heterocycles. The Morgan fingerprint density at radius 3 is 2.67 bits per heavy atom. The van der Waals surface area contributed by atoms with Crippen molar-refractivity contribution in [3.05, 3.63) is 36.0 Å². The molecule has 0 spiro atoms. The maximum atomic E-state index is 11.8. The van der Waals surface area contributed by atoms with Gasteiger partial charge in [-0.05, 0) is 37.8 Å². The molecule has 0 saturated carbocycles. The van der Waals surface area contributed by atoms with Crippen LogP contribution in [-0.4, -0.2) is 17.9 Å². The van der Waals surface area contributed by atoms with E-state index in [-0.39, 0.29) is 23.8 Å². The molecule has 0 aromatic carbocycles. The molecule has 0 radical (unpaired) electrons. The number of carbonyl (C=O) groups excluding carboxylic acids is 2. The Morgan fingerprint density at radius 1 is 1.22 bits per heavy atom. The number of carbonyl (C=O) groups is 2. The lowest BCUT2D eigenvalue weighted by molar-refractivity contribution is -0.137. The van der Waals surface area contributed by atoms with Crippen LogP contribution in [0.3, 0.4) is 0 Å². The van der Waals surface area contributed by atoms with Crippen LogP contribution in [-0.2, 0) is 14.3 Å². The van der Waals surface area contributed by atoms with Crippen LogP contribution in [0.5, 0.6) is 0 Å². The number of Topliss-reactive ketones (excluding diaryl/α,β-unsaturated/α-hetero) is 1. The largest absolute Gasteiger partial charge is 0.454 e. The Morgan fingerprint density at radius 2 is 1.94 bits per heavy atom. The Hall–Kier alpha value is -1.64. The van der Waals surface area contributed by atoms with Gasteiger partial charge in [-0.15, -0.1) is 0 Å². The first-order valence-corrected chi connectivity index (χ1v) is 6.27. The highest BCUT2D eigenvalue weighted by Crippen LogP contribution is 2.34. The number of allylic oxidation sites excluding steroid dienone is 2. The van der Waals surface area contributed by atoms with Crippen molar-refractivity contribution in [2.45, 2.75) is 38.7 Å². The Kier molecular flexibility index (Phi) is 3.50. The predicted molar refractivity (Wildman–Crippen MR) is 68.9 cm³/mol. The molecule has 1 heterocycles. The third-order valence-corrected chi connectivity index (χ3v) is 3.70. The van der Waals surface area contributed by atoms with Gasteiger partial charge in [0, 0.05) is 17.9 Å². The number of ketones is 1. The molecule has 18 heavy (non-hydrogen) atoms. The third kappa shape index (κ3) is 2.45. The number of ether oxygens (including phenoxy) is 1. The third-order valence-electron chi connectivity index (χ3n) is 3.70. The molecule has 3 nitrogen and oxygen atoms in total. The van der Waals surface area contributed by atoms with Gasteiger partial charge in [-0.3, -0.25) is 4.79 Å². The SMILES string of the molecule is C=C1CCC2C(=C)C(=O)OC2/C=C(\C)CCC1=O. The van der Waals surface area contributed by atoms with E-state index in [1.807, 2.05) is 13.0 Å². The summed E-state index contributed by atoms with van der Waals surface area (Å²) < 4.78 is 5.31. The quantitative estimate of drug-likeness (QED) is 0.375. The minimum absolute atomic E-state index is 0.0184. The van der Waals surface area contributed by atoms with Crippen molar-refractivity contribution in [3.63, 3.8) is 0 Å². The molecule has 2 atom stereocenters. The minimum Gasteiger partial charge on any atom is -0.454 e. The van der Waals surface area contributed by atoms with Gasteiger partial charge in [0.2, 0.25) is 0 Å². The van der Waals surface area contributed by atoms with E-state index < -0.39 is 0 Å². The fraction of sp³-hybridized carbons (Fsp3) is 0.467. The fourth-order valence-corrected chi connectivity index (χ4v) is 2.44. The summed E-state index contributed by atoms with van der Waals surface area (Å²) in [5.41, 5.74) is 2.25. The number of hydrogen-bond acceptors (Lipinski definition) is 3. The molecule has 1 aliphatic carbocycles. The van der Waals surface area contributed by atoms with Crippen LogP contribution in [0, 0.1) is 5.92 Å². The van der Waals surface area contributed by atoms with E-state index in [0.29, 0.717) is 36.8 Å². The molecular formula is C15H18O3. The van der Waals surface area contributed by atoms with Crippen LogP contribution < -0.4 is 0 Å². The monoisotopic (exact) mass is 246 g/mol. The molecule has 0 amide bonds. The summed E-state index contributed by atoms with van der Waals surface area (Å²) in [5, 5.41) is 0. The van der Waals surface area contributed by atoms with Gasteiger partial charge in [-0.2, -0.15) is 0 Å². The molecule has 2 unspecified atom stereocenters. The molecule has 96 valence electrons. The highest BCUT2D eigenvalue weighted by atomic mass is 16.5. The average molecular weight is 246 g/mol. The maximum Gasteiger partial charge on any atom is 0.334 e. The van der Waals surface area contributed by atoms with Gasteiger partial charge in [0.1, 0.15) is 6.10 Å². The summed E-state index contributed by atoms with van der Waals surface area (Å²) in [6, 6.07) is 0. The fourth-order valence-electron chi connectivity index (χ4n) is 2.44. The van der Waals surface area contributed by atoms with E-state index in [2.05, 4.69) is 13.2 Å². The first-order valence-electron chi connectivity index (χ1n) is 6.27. The second-order valence-corrected chi connectivity index (χ2v) is 5.08. The van der Waals surface area contributed by atoms with Crippen LogP contribution in [0.2, 0.25) is 0 Å². The normalized spacial score (nSPS) is 32.6.